The Morgan fingerprint density at radius 1 is 1.20 bits per heavy atom. The average Bonchev–Trinajstić information content (AvgIpc) is 3.39. The van der Waals surface area contributed by atoms with Gasteiger partial charge < -0.3 is 19.4 Å². The SMILES string of the molecule is C=CC(=O)N1CCN(c2nc(OCC3CCCN3C)nc(C)c2CC[C@@H]2CCc3cccc(C)c3C2)CC1CC#N. The van der Waals surface area contributed by atoms with E-state index < -0.39 is 0 Å². The first kappa shape index (κ1) is 29.1. The van der Waals surface area contributed by atoms with Crippen LogP contribution in [-0.4, -0.2) is 77.6 Å². The van der Waals surface area contributed by atoms with E-state index in [-0.39, 0.29) is 18.4 Å². The fourth-order valence-corrected chi connectivity index (χ4v) is 6.90. The zero-order chi connectivity index (χ0) is 28.9. The molecule has 1 aliphatic carbocycles. The van der Waals surface area contributed by atoms with E-state index in [1.807, 2.05) is 0 Å². The predicted octanol–water partition coefficient (Wildman–Crippen LogP) is 4.42. The van der Waals surface area contributed by atoms with Crippen molar-refractivity contribution in [3.8, 4) is 12.1 Å². The second-order valence-corrected chi connectivity index (χ2v) is 12.0. The molecule has 2 aromatic rings. The summed E-state index contributed by atoms with van der Waals surface area (Å²) in [5, 5.41) is 9.52. The van der Waals surface area contributed by atoms with E-state index >= 15 is 0 Å². The monoisotopic (exact) mass is 556 g/mol. The van der Waals surface area contributed by atoms with Gasteiger partial charge >= 0.3 is 6.01 Å². The number of benzene rings is 1. The van der Waals surface area contributed by atoms with Gasteiger partial charge in [0, 0.05) is 36.9 Å². The molecule has 0 spiro atoms. The number of nitriles is 1. The molecular weight excluding hydrogens is 512 g/mol. The summed E-state index contributed by atoms with van der Waals surface area (Å²) in [5.41, 5.74) is 6.55. The molecule has 8 nitrogen and oxygen atoms in total. The summed E-state index contributed by atoms with van der Waals surface area (Å²) < 4.78 is 6.20. The minimum Gasteiger partial charge on any atom is -0.462 e. The number of fused-ring (bicyclic) bond motifs is 1. The highest BCUT2D eigenvalue weighted by Gasteiger charge is 2.32. The molecule has 1 amide bonds. The number of anilines is 1. The number of likely N-dealkylation sites (tertiary alicyclic amines) is 1. The zero-order valence-corrected chi connectivity index (χ0v) is 24.9. The number of ether oxygens (including phenoxy) is 1. The maximum absolute atomic E-state index is 12.5. The number of likely N-dealkylation sites (N-methyl/N-ethyl adjacent to an activating group) is 1. The van der Waals surface area contributed by atoms with Crippen LogP contribution in [0.4, 0.5) is 5.82 Å². The van der Waals surface area contributed by atoms with Gasteiger partial charge in [0.2, 0.25) is 5.91 Å². The summed E-state index contributed by atoms with van der Waals surface area (Å²) in [6, 6.07) is 9.56. The van der Waals surface area contributed by atoms with Crippen LogP contribution in [0.1, 0.15) is 60.1 Å². The van der Waals surface area contributed by atoms with Crippen molar-refractivity contribution in [3.05, 3.63) is 58.8 Å². The summed E-state index contributed by atoms with van der Waals surface area (Å²) in [7, 11) is 2.15. The lowest BCUT2D eigenvalue weighted by Crippen LogP contribution is -2.55. The van der Waals surface area contributed by atoms with E-state index in [2.05, 4.69) is 61.5 Å². The highest BCUT2D eigenvalue weighted by Crippen LogP contribution is 2.33. The molecule has 0 bridgehead atoms. The first-order chi connectivity index (χ1) is 19.9. The molecule has 41 heavy (non-hydrogen) atoms. The number of carbonyl (C=O) groups is 1. The Labute approximate surface area is 245 Å². The van der Waals surface area contributed by atoms with Crippen LogP contribution < -0.4 is 9.64 Å². The fourth-order valence-electron chi connectivity index (χ4n) is 6.90. The Hall–Kier alpha value is -3.44. The highest BCUT2D eigenvalue weighted by molar-refractivity contribution is 5.87. The lowest BCUT2D eigenvalue weighted by atomic mass is 9.79. The van der Waals surface area contributed by atoms with Gasteiger partial charge in [-0.15, -0.1) is 0 Å². The second-order valence-electron chi connectivity index (χ2n) is 12.0. The number of amides is 1. The minimum atomic E-state index is -0.211. The third-order valence-electron chi connectivity index (χ3n) is 9.44. The van der Waals surface area contributed by atoms with Gasteiger partial charge in [-0.05, 0) is 101 Å². The van der Waals surface area contributed by atoms with E-state index in [0.29, 0.717) is 44.2 Å². The molecule has 0 saturated carbocycles. The predicted molar refractivity (Wildman–Crippen MR) is 161 cm³/mol. The van der Waals surface area contributed by atoms with Crippen LogP contribution in [-0.2, 0) is 24.1 Å². The minimum absolute atomic E-state index is 0.124. The number of piperazine rings is 1. The Bertz CT molecular complexity index is 1300. The van der Waals surface area contributed by atoms with Gasteiger partial charge in [-0.3, -0.25) is 4.79 Å². The Morgan fingerprint density at radius 2 is 2.05 bits per heavy atom. The molecule has 1 aromatic heterocycles. The number of hydrogen-bond donors (Lipinski definition) is 0. The number of hydrogen-bond acceptors (Lipinski definition) is 7. The molecule has 3 atom stereocenters. The van der Waals surface area contributed by atoms with Crippen molar-refractivity contribution >= 4 is 11.7 Å². The van der Waals surface area contributed by atoms with Gasteiger partial charge in [-0.1, -0.05) is 24.8 Å². The molecule has 5 rings (SSSR count). The molecule has 3 heterocycles. The second kappa shape index (κ2) is 13.0. The summed E-state index contributed by atoms with van der Waals surface area (Å²) >= 11 is 0. The topological polar surface area (TPSA) is 85.6 Å². The first-order valence-corrected chi connectivity index (χ1v) is 15.2. The molecule has 1 aromatic carbocycles. The van der Waals surface area contributed by atoms with Crippen molar-refractivity contribution in [2.24, 2.45) is 5.92 Å². The van der Waals surface area contributed by atoms with Crippen LogP contribution in [0, 0.1) is 31.1 Å². The maximum atomic E-state index is 12.5. The lowest BCUT2D eigenvalue weighted by Gasteiger charge is -2.41. The van der Waals surface area contributed by atoms with Crippen LogP contribution in [0.15, 0.2) is 30.9 Å². The van der Waals surface area contributed by atoms with Crippen molar-refractivity contribution in [2.45, 2.75) is 77.3 Å². The Kier molecular flexibility index (Phi) is 9.24. The van der Waals surface area contributed by atoms with Gasteiger partial charge in [0.1, 0.15) is 12.4 Å². The molecule has 0 radical (unpaired) electrons. The molecular formula is C33H44N6O2. The summed E-state index contributed by atoms with van der Waals surface area (Å²) in [5.74, 6) is 1.40. The third-order valence-corrected chi connectivity index (χ3v) is 9.44. The van der Waals surface area contributed by atoms with E-state index in [4.69, 9.17) is 14.7 Å². The summed E-state index contributed by atoms with van der Waals surface area (Å²) in [6.07, 6.45) is 9.37. The average molecular weight is 557 g/mol. The number of aromatic nitrogens is 2. The van der Waals surface area contributed by atoms with Gasteiger partial charge in [0.25, 0.3) is 0 Å². The zero-order valence-electron chi connectivity index (χ0n) is 24.9. The molecule has 2 fully saturated rings. The van der Waals surface area contributed by atoms with E-state index in [9.17, 15) is 10.1 Å². The van der Waals surface area contributed by atoms with Crippen LogP contribution in [0.5, 0.6) is 6.01 Å². The molecule has 8 heteroatoms. The highest BCUT2D eigenvalue weighted by atomic mass is 16.5. The Balaban J connectivity index is 1.38. The quantitative estimate of drug-likeness (QED) is 0.423. The Morgan fingerprint density at radius 3 is 2.80 bits per heavy atom. The smallest absolute Gasteiger partial charge is 0.318 e. The first-order valence-electron chi connectivity index (χ1n) is 15.2. The van der Waals surface area contributed by atoms with Crippen molar-refractivity contribution in [2.75, 3.05) is 44.7 Å². The molecule has 218 valence electrons. The number of aryl methyl sites for hydroxylation is 3. The van der Waals surface area contributed by atoms with Crippen LogP contribution in [0.3, 0.4) is 0 Å². The van der Waals surface area contributed by atoms with E-state index in [1.165, 1.54) is 35.6 Å². The van der Waals surface area contributed by atoms with Crippen LogP contribution in [0.25, 0.3) is 0 Å². The molecule has 2 aliphatic heterocycles. The molecule has 2 saturated heterocycles. The van der Waals surface area contributed by atoms with Crippen LogP contribution >= 0.6 is 0 Å². The van der Waals surface area contributed by atoms with Crippen molar-refractivity contribution in [1.82, 2.24) is 19.8 Å². The number of carbonyl (C=O) groups excluding carboxylic acids is 1. The molecule has 3 aliphatic rings. The lowest BCUT2D eigenvalue weighted by molar-refractivity contribution is -0.128. The summed E-state index contributed by atoms with van der Waals surface area (Å²) in [4.78, 5) is 28.7. The van der Waals surface area contributed by atoms with Crippen LogP contribution in [0.2, 0.25) is 0 Å². The third kappa shape index (κ3) is 6.56. The largest absolute Gasteiger partial charge is 0.462 e. The number of nitrogens with zero attached hydrogens (tertiary/aromatic N) is 6. The molecule has 0 N–H and O–H groups in total. The van der Waals surface area contributed by atoms with Gasteiger partial charge in [0.15, 0.2) is 0 Å². The maximum Gasteiger partial charge on any atom is 0.318 e. The van der Waals surface area contributed by atoms with Crippen molar-refractivity contribution in [1.29, 1.82) is 5.26 Å². The summed E-state index contributed by atoms with van der Waals surface area (Å²) in [6.45, 7) is 11.4. The van der Waals surface area contributed by atoms with E-state index in [0.717, 1.165) is 55.7 Å². The fraction of sp³-hybridized carbons (Fsp3) is 0.576. The van der Waals surface area contributed by atoms with Gasteiger partial charge in [-0.2, -0.15) is 10.2 Å². The van der Waals surface area contributed by atoms with Gasteiger partial charge in [0.05, 0.1) is 18.5 Å². The normalized spacial score (nSPS) is 22.7. The number of rotatable bonds is 9. The standard InChI is InChI=1S/C33H44N6O2/c1-5-31(40)39-19-18-38(21-27(39)15-16-34)32-29(14-12-25-11-13-26-9-6-8-23(2)30(26)20-25)24(3)35-33(36-32)41-22-28-10-7-17-37(28)4/h5-6,8-9,25,27-28H,1,7,10-15,17-22H2,2-4H3/t25-,27?,28?/m0/s1. The van der Waals surface area contributed by atoms with Crippen molar-refractivity contribution < 1.29 is 9.53 Å². The van der Waals surface area contributed by atoms with Gasteiger partial charge in [-0.25, -0.2) is 4.98 Å². The van der Waals surface area contributed by atoms with E-state index in [1.54, 1.807) is 4.90 Å². The van der Waals surface area contributed by atoms with Crippen molar-refractivity contribution in [3.63, 3.8) is 0 Å². The molecule has 2 unspecified atom stereocenters.